The quantitative estimate of drug-likeness (QED) is 0.465. The number of carbonyl (C=O) groups excluding carboxylic acids is 1. The molecule has 90 valence electrons. The molecule has 0 fully saturated rings. The fraction of sp³-hybridized carbons (Fsp3) is 0.111. The summed E-state index contributed by atoms with van der Waals surface area (Å²) in [5.41, 5.74) is 7.43. The molecule has 0 saturated carbocycles. The topological polar surface area (TPSA) is 124 Å². The third-order valence-corrected chi connectivity index (χ3v) is 1.61. The Morgan fingerprint density at radius 1 is 1.65 bits per heavy atom. The van der Waals surface area contributed by atoms with Crippen molar-refractivity contribution < 1.29 is 14.1 Å². The number of amides is 2. The Bertz CT molecular complexity index is 489. The number of urea groups is 1. The van der Waals surface area contributed by atoms with E-state index in [1.807, 2.05) is 5.43 Å². The molecule has 0 spiro atoms. The van der Waals surface area contributed by atoms with Crippen molar-refractivity contribution in [2.45, 2.75) is 6.92 Å². The maximum absolute atomic E-state index is 10.4. The summed E-state index contributed by atoms with van der Waals surface area (Å²) < 4.78 is 4.89. The summed E-state index contributed by atoms with van der Waals surface area (Å²) >= 11 is 0. The highest BCUT2D eigenvalue weighted by molar-refractivity contribution is 5.85. The molecule has 1 heterocycles. The molecule has 0 aliphatic rings. The number of furan rings is 1. The molecule has 0 aliphatic carbocycles. The number of hydrogen-bond donors (Lipinski definition) is 2. The van der Waals surface area contributed by atoms with E-state index in [1.165, 1.54) is 24.4 Å². The number of hydrazone groups is 1. The fourth-order valence-electron chi connectivity index (χ4n) is 0.977. The van der Waals surface area contributed by atoms with Crippen molar-refractivity contribution in [3.05, 3.63) is 33.6 Å². The average molecular weight is 238 g/mol. The average Bonchev–Trinajstić information content (AvgIpc) is 2.65. The highest BCUT2D eigenvalue weighted by Crippen LogP contribution is 2.17. The molecule has 1 rings (SSSR count). The van der Waals surface area contributed by atoms with Gasteiger partial charge in [0.2, 0.25) is 0 Å². The molecule has 2 amide bonds. The van der Waals surface area contributed by atoms with Gasteiger partial charge in [-0.15, -0.1) is 0 Å². The first-order valence-electron chi connectivity index (χ1n) is 4.50. The van der Waals surface area contributed by atoms with Crippen molar-refractivity contribution in [3.8, 4) is 0 Å². The van der Waals surface area contributed by atoms with Gasteiger partial charge < -0.3 is 10.2 Å². The van der Waals surface area contributed by atoms with E-state index in [0.29, 0.717) is 11.3 Å². The number of nitro groups is 1. The Morgan fingerprint density at radius 2 is 2.35 bits per heavy atom. The first kappa shape index (κ1) is 12.4. The molecular weight excluding hydrogens is 228 g/mol. The van der Waals surface area contributed by atoms with Crippen LogP contribution in [-0.4, -0.2) is 17.2 Å². The normalized spacial score (nSPS) is 11.7. The largest absolute Gasteiger partial charge is 0.433 e. The van der Waals surface area contributed by atoms with Gasteiger partial charge in [-0.1, -0.05) is 0 Å². The molecule has 0 saturated heterocycles. The third-order valence-electron chi connectivity index (χ3n) is 1.61. The van der Waals surface area contributed by atoms with Gasteiger partial charge in [-0.05, 0) is 24.6 Å². The van der Waals surface area contributed by atoms with Gasteiger partial charge in [0.1, 0.15) is 10.7 Å². The van der Waals surface area contributed by atoms with Crippen LogP contribution in [0.4, 0.5) is 10.7 Å². The first-order valence-corrected chi connectivity index (χ1v) is 4.50. The van der Waals surface area contributed by atoms with Crippen LogP contribution in [0.15, 0.2) is 27.2 Å². The lowest BCUT2D eigenvalue weighted by Crippen LogP contribution is -2.24. The summed E-state index contributed by atoms with van der Waals surface area (Å²) in [6, 6.07) is 1.93. The van der Waals surface area contributed by atoms with Crippen LogP contribution in [0.25, 0.3) is 6.08 Å². The molecular formula is C9H10N4O4. The summed E-state index contributed by atoms with van der Waals surface area (Å²) in [5, 5.41) is 13.9. The van der Waals surface area contributed by atoms with E-state index in [2.05, 4.69) is 5.10 Å². The van der Waals surface area contributed by atoms with Crippen LogP contribution in [-0.2, 0) is 0 Å². The Kier molecular flexibility index (Phi) is 3.98. The molecule has 0 radical (unpaired) electrons. The zero-order chi connectivity index (χ0) is 12.8. The van der Waals surface area contributed by atoms with Crippen LogP contribution in [0.2, 0.25) is 0 Å². The molecule has 8 nitrogen and oxygen atoms in total. The second-order valence-electron chi connectivity index (χ2n) is 3.06. The molecule has 0 aromatic carbocycles. The predicted octanol–water partition coefficient (Wildman–Crippen LogP) is 1.25. The first-order chi connectivity index (χ1) is 7.99. The SMILES string of the molecule is CC(/C=N\NC(N)=O)=C\c1ccc([N+](=O)[O-])o1. The second kappa shape index (κ2) is 5.45. The number of nitrogens with zero attached hydrogens (tertiary/aromatic N) is 2. The number of carbonyl (C=O) groups is 1. The van der Waals surface area contributed by atoms with Crippen LogP contribution in [0.1, 0.15) is 12.7 Å². The summed E-state index contributed by atoms with van der Waals surface area (Å²) in [5.74, 6) is -0.0176. The lowest BCUT2D eigenvalue weighted by molar-refractivity contribution is -0.402. The number of primary amides is 1. The highest BCUT2D eigenvalue weighted by atomic mass is 16.6. The van der Waals surface area contributed by atoms with Crippen molar-refractivity contribution >= 4 is 24.2 Å². The van der Waals surface area contributed by atoms with E-state index in [9.17, 15) is 14.9 Å². The minimum atomic E-state index is -0.775. The maximum atomic E-state index is 10.4. The van der Waals surface area contributed by atoms with E-state index < -0.39 is 11.0 Å². The van der Waals surface area contributed by atoms with E-state index in [0.717, 1.165) is 0 Å². The van der Waals surface area contributed by atoms with Gasteiger partial charge in [-0.3, -0.25) is 10.1 Å². The van der Waals surface area contributed by atoms with E-state index in [-0.39, 0.29) is 5.88 Å². The summed E-state index contributed by atoms with van der Waals surface area (Å²) in [6.07, 6.45) is 2.86. The zero-order valence-electron chi connectivity index (χ0n) is 8.91. The monoisotopic (exact) mass is 238 g/mol. The van der Waals surface area contributed by atoms with Gasteiger partial charge in [0, 0.05) is 0 Å². The standard InChI is InChI=1S/C9H10N4O4/c1-6(5-11-12-9(10)14)4-7-2-3-8(17-7)13(15)16/h2-5H,1H3,(H3,10,12,14)/b6-4+,11-5-. The molecule has 0 bridgehead atoms. The van der Waals surface area contributed by atoms with Gasteiger partial charge in [-0.25, -0.2) is 10.2 Å². The summed E-state index contributed by atoms with van der Waals surface area (Å²) in [7, 11) is 0. The molecule has 0 atom stereocenters. The van der Waals surface area contributed by atoms with Crippen LogP contribution in [0.5, 0.6) is 0 Å². The maximum Gasteiger partial charge on any atom is 0.433 e. The van der Waals surface area contributed by atoms with Gasteiger partial charge in [0.05, 0.1) is 12.3 Å². The van der Waals surface area contributed by atoms with Crippen LogP contribution < -0.4 is 11.2 Å². The Labute approximate surface area is 95.9 Å². The lowest BCUT2D eigenvalue weighted by atomic mass is 10.3. The van der Waals surface area contributed by atoms with Gasteiger partial charge >= 0.3 is 11.9 Å². The van der Waals surface area contributed by atoms with E-state index >= 15 is 0 Å². The lowest BCUT2D eigenvalue weighted by Gasteiger charge is -1.91. The van der Waals surface area contributed by atoms with Crippen molar-refractivity contribution in [1.29, 1.82) is 0 Å². The number of allylic oxidation sites excluding steroid dienone is 1. The number of nitrogens with one attached hydrogen (secondary N) is 1. The highest BCUT2D eigenvalue weighted by Gasteiger charge is 2.09. The second-order valence-corrected chi connectivity index (χ2v) is 3.06. The molecule has 1 aromatic heterocycles. The smallest absolute Gasteiger partial charge is 0.401 e. The molecule has 3 N–H and O–H groups in total. The fourth-order valence-corrected chi connectivity index (χ4v) is 0.977. The molecule has 8 heteroatoms. The Balaban J connectivity index is 2.70. The number of rotatable bonds is 4. The van der Waals surface area contributed by atoms with Gasteiger partial charge in [0.25, 0.3) is 0 Å². The number of hydrogen-bond acceptors (Lipinski definition) is 5. The van der Waals surface area contributed by atoms with Crippen molar-refractivity contribution in [3.63, 3.8) is 0 Å². The third kappa shape index (κ3) is 4.16. The van der Waals surface area contributed by atoms with Gasteiger partial charge in [-0.2, -0.15) is 5.10 Å². The minimum Gasteiger partial charge on any atom is -0.401 e. The Morgan fingerprint density at radius 3 is 2.88 bits per heavy atom. The molecule has 1 aromatic rings. The van der Waals surface area contributed by atoms with Crippen LogP contribution >= 0.6 is 0 Å². The van der Waals surface area contributed by atoms with Crippen LogP contribution in [0.3, 0.4) is 0 Å². The predicted molar refractivity (Wildman–Crippen MR) is 60.2 cm³/mol. The van der Waals surface area contributed by atoms with Crippen molar-refractivity contribution in [2.24, 2.45) is 10.8 Å². The minimum absolute atomic E-state index is 0.319. The number of nitrogens with two attached hydrogens (primary N) is 1. The van der Waals surface area contributed by atoms with Crippen molar-refractivity contribution in [1.82, 2.24) is 5.43 Å². The van der Waals surface area contributed by atoms with E-state index in [4.69, 9.17) is 10.2 Å². The molecule has 0 unspecified atom stereocenters. The molecule has 17 heavy (non-hydrogen) atoms. The van der Waals surface area contributed by atoms with E-state index in [1.54, 1.807) is 6.92 Å². The van der Waals surface area contributed by atoms with Crippen molar-refractivity contribution in [2.75, 3.05) is 0 Å². The summed E-state index contributed by atoms with van der Waals surface area (Å²) in [6.45, 7) is 1.68. The van der Waals surface area contributed by atoms with Gasteiger partial charge in [0.15, 0.2) is 0 Å². The molecule has 0 aliphatic heterocycles. The summed E-state index contributed by atoms with van der Waals surface area (Å²) in [4.78, 5) is 20.0. The zero-order valence-corrected chi connectivity index (χ0v) is 8.91. The van der Waals surface area contributed by atoms with Crippen LogP contribution in [0, 0.1) is 10.1 Å². The Hall–Kier alpha value is -2.64.